The van der Waals surface area contributed by atoms with Gasteiger partial charge in [0.25, 0.3) is 0 Å². The third-order valence-corrected chi connectivity index (χ3v) is 5.06. The summed E-state index contributed by atoms with van der Waals surface area (Å²) in [6.45, 7) is 2.22. The molecular formula is C18H20N2S. The number of aryl methyl sites for hydroxylation is 1. The normalized spacial score (nSPS) is 12.7. The topological polar surface area (TPSA) is 24.9 Å². The van der Waals surface area contributed by atoms with Crippen LogP contribution in [-0.2, 0) is 12.8 Å². The molecule has 0 aliphatic carbocycles. The Bertz CT molecular complexity index is 727. The second-order valence-electron chi connectivity index (χ2n) is 5.20. The summed E-state index contributed by atoms with van der Waals surface area (Å²) in [7, 11) is 2.05. The Morgan fingerprint density at radius 1 is 1.14 bits per heavy atom. The van der Waals surface area contributed by atoms with Crippen LogP contribution in [0.15, 0.2) is 48.0 Å². The Morgan fingerprint density at radius 2 is 2.00 bits per heavy atom. The Balaban J connectivity index is 1.96. The Kier molecular flexibility index (Phi) is 4.32. The molecule has 2 aromatic heterocycles. The SMILES string of the molecule is CCc1ccsc1C(Cc1ccnc2ccccc12)NC. The fraction of sp³-hybridized carbons (Fsp3) is 0.278. The van der Waals surface area contributed by atoms with E-state index in [9.17, 15) is 0 Å². The largest absolute Gasteiger partial charge is 0.312 e. The third kappa shape index (κ3) is 2.85. The zero-order valence-electron chi connectivity index (χ0n) is 12.5. The monoisotopic (exact) mass is 296 g/mol. The van der Waals surface area contributed by atoms with Crippen molar-refractivity contribution in [1.82, 2.24) is 10.3 Å². The fourth-order valence-electron chi connectivity index (χ4n) is 2.82. The van der Waals surface area contributed by atoms with Crippen LogP contribution in [-0.4, -0.2) is 12.0 Å². The number of nitrogens with zero attached hydrogens (tertiary/aromatic N) is 1. The second-order valence-corrected chi connectivity index (χ2v) is 6.14. The van der Waals surface area contributed by atoms with Crippen LogP contribution in [0.3, 0.4) is 0 Å². The number of thiophene rings is 1. The number of para-hydroxylation sites is 1. The van der Waals surface area contributed by atoms with Crippen molar-refractivity contribution in [3.05, 3.63) is 64.0 Å². The smallest absolute Gasteiger partial charge is 0.0704 e. The second kappa shape index (κ2) is 6.37. The predicted octanol–water partition coefficient (Wildman–Crippen LogP) is 4.36. The van der Waals surface area contributed by atoms with Crippen molar-refractivity contribution < 1.29 is 0 Å². The molecule has 21 heavy (non-hydrogen) atoms. The lowest BCUT2D eigenvalue weighted by molar-refractivity contribution is 0.599. The van der Waals surface area contributed by atoms with E-state index in [1.165, 1.54) is 21.4 Å². The summed E-state index contributed by atoms with van der Waals surface area (Å²) in [5.41, 5.74) is 3.89. The van der Waals surface area contributed by atoms with Crippen LogP contribution in [0.2, 0.25) is 0 Å². The van der Waals surface area contributed by atoms with Crippen molar-refractivity contribution >= 4 is 22.2 Å². The first-order chi connectivity index (χ1) is 10.3. The van der Waals surface area contributed by atoms with E-state index < -0.39 is 0 Å². The maximum atomic E-state index is 4.45. The average Bonchev–Trinajstić information content (AvgIpc) is 3.01. The molecule has 0 saturated carbocycles. The maximum Gasteiger partial charge on any atom is 0.0704 e. The molecule has 2 nitrogen and oxygen atoms in total. The van der Waals surface area contributed by atoms with E-state index in [4.69, 9.17) is 0 Å². The molecule has 0 amide bonds. The van der Waals surface area contributed by atoms with E-state index in [1.54, 1.807) is 0 Å². The molecule has 0 spiro atoms. The first-order valence-electron chi connectivity index (χ1n) is 7.39. The van der Waals surface area contributed by atoms with Gasteiger partial charge in [-0.3, -0.25) is 4.98 Å². The molecule has 0 aliphatic rings. The van der Waals surface area contributed by atoms with Crippen LogP contribution < -0.4 is 5.32 Å². The minimum Gasteiger partial charge on any atom is -0.312 e. The van der Waals surface area contributed by atoms with E-state index in [0.29, 0.717) is 6.04 Å². The molecule has 3 aromatic rings. The minimum atomic E-state index is 0.366. The molecule has 2 heterocycles. The van der Waals surface area contributed by atoms with Gasteiger partial charge in [-0.1, -0.05) is 25.1 Å². The van der Waals surface area contributed by atoms with Crippen LogP contribution in [0.4, 0.5) is 0 Å². The highest BCUT2D eigenvalue weighted by Crippen LogP contribution is 2.29. The van der Waals surface area contributed by atoms with Crippen LogP contribution in [0.1, 0.15) is 29.0 Å². The summed E-state index contributed by atoms with van der Waals surface area (Å²) >= 11 is 1.85. The highest BCUT2D eigenvalue weighted by atomic mass is 32.1. The molecule has 0 fully saturated rings. The third-order valence-electron chi connectivity index (χ3n) is 3.99. The average molecular weight is 296 g/mol. The van der Waals surface area contributed by atoms with Gasteiger partial charge in [-0.2, -0.15) is 0 Å². The van der Waals surface area contributed by atoms with Gasteiger partial charge < -0.3 is 5.32 Å². The molecule has 0 aliphatic heterocycles. The first kappa shape index (κ1) is 14.2. The summed E-state index contributed by atoms with van der Waals surface area (Å²) in [5, 5.41) is 6.94. The van der Waals surface area contributed by atoms with Crippen molar-refractivity contribution in [3.63, 3.8) is 0 Å². The standard InChI is InChI=1S/C18H20N2S/c1-3-13-9-11-21-18(13)17(19-2)12-14-8-10-20-16-7-5-4-6-15(14)16/h4-11,17,19H,3,12H2,1-2H3. The number of likely N-dealkylation sites (N-methyl/N-ethyl adjacent to an activating group) is 1. The van der Waals surface area contributed by atoms with Gasteiger partial charge in [-0.15, -0.1) is 11.3 Å². The summed E-state index contributed by atoms with van der Waals surface area (Å²) in [4.78, 5) is 5.91. The number of fused-ring (bicyclic) bond motifs is 1. The first-order valence-corrected chi connectivity index (χ1v) is 8.27. The van der Waals surface area contributed by atoms with Gasteiger partial charge in [0.1, 0.15) is 0 Å². The van der Waals surface area contributed by atoms with E-state index in [-0.39, 0.29) is 0 Å². The maximum absolute atomic E-state index is 4.45. The van der Waals surface area contributed by atoms with E-state index in [1.807, 2.05) is 30.6 Å². The molecule has 108 valence electrons. The lowest BCUT2D eigenvalue weighted by Gasteiger charge is -2.17. The van der Waals surface area contributed by atoms with Gasteiger partial charge in [0.15, 0.2) is 0 Å². The van der Waals surface area contributed by atoms with Gasteiger partial charge in [-0.05, 0) is 54.6 Å². The van der Waals surface area contributed by atoms with Gasteiger partial charge in [0.2, 0.25) is 0 Å². The highest BCUT2D eigenvalue weighted by molar-refractivity contribution is 7.10. The van der Waals surface area contributed by atoms with Gasteiger partial charge in [0.05, 0.1) is 5.52 Å². The van der Waals surface area contributed by atoms with Gasteiger partial charge in [-0.25, -0.2) is 0 Å². The van der Waals surface area contributed by atoms with Crippen molar-refractivity contribution in [2.75, 3.05) is 7.05 Å². The predicted molar refractivity (Wildman–Crippen MR) is 90.9 cm³/mol. The van der Waals surface area contributed by atoms with Crippen molar-refractivity contribution in [2.24, 2.45) is 0 Å². The molecule has 1 unspecified atom stereocenters. The Hall–Kier alpha value is -1.71. The lowest BCUT2D eigenvalue weighted by Crippen LogP contribution is -2.19. The number of benzene rings is 1. The molecule has 0 radical (unpaired) electrons. The molecular weight excluding hydrogens is 276 g/mol. The highest BCUT2D eigenvalue weighted by Gasteiger charge is 2.16. The number of pyridine rings is 1. The van der Waals surface area contributed by atoms with Gasteiger partial charge >= 0.3 is 0 Å². The Morgan fingerprint density at radius 3 is 2.81 bits per heavy atom. The quantitative estimate of drug-likeness (QED) is 0.756. The van der Waals surface area contributed by atoms with Gasteiger partial charge in [0, 0.05) is 22.5 Å². The molecule has 1 aromatic carbocycles. The lowest BCUT2D eigenvalue weighted by atomic mass is 9.99. The van der Waals surface area contributed by atoms with Crippen LogP contribution in [0, 0.1) is 0 Å². The minimum absolute atomic E-state index is 0.366. The summed E-state index contributed by atoms with van der Waals surface area (Å²) in [6.07, 6.45) is 4.00. The number of rotatable bonds is 5. The molecule has 1 atom stereocenters. The van der Waals surface area contributed by atoms with E-state index in [0.717, 1.165) is 18.4 Å². The summed E-state index contributed by atoms with van der Waals surface area (Å²) in [5.74, 6) is 0. The molecule has 1 N–H and O–H groups in total. The van der Waals surface area contributed by atoms with E-state index >= 15 is 0 Å². The summed E-state index contributed by atoms with van der Waals surface area (Å²) < 4.78 is 0. The zero-order chi connectivity index (χ0) is 14.7. The zero-order valence-corrected chi connectivity index (χ0v) is 13.3. The van der Waals surface area contributed by atoms with Crippen LogP contribution in [0.25, 0.3) is 10.9 Å². The number of aromatic nitrogens is 1. The Labute approximate surface area is 129 Å². The number of hydrogen-bond acceptors (Lipinski definition) is 3. The molecule has 3 heteroatoms. The van der Waals surface area contributed by atoms with E-state index in [2.05, 4.69) is 52.9 Å². The van der Waals surface area contributed by atoms with Crippen molar-refractivity contribution in [3.8, 4) is 0 Å². The van der Waals surface area contributed by atoms with Crippen LogP contribution >= 0.6 is 11.3 Å². The molecule has 3 rings (SSSR count). The van der Waals surface area contributed by atoms with Crippen LogP contribution in [0.5, 0.6) is 0 Å². The summed E-state index contributed by atoms with van der Waals surface area (Å²) in [6, 6.07) is 13.1. The molecule has 0 saturated heterocycles. The van der Waals surface area contributed by atoms with Crippen molar-refractivity contribution in [2.45, 2.75) is 25.8 Å². The number of hydrogen-bond donors (Lipinski definition) is 1. The molecule has 0 bridgehead atoms. The fourth-order valence-corrected chi connectivity index (χ4v) is 3.93. The number of nitrogens with one attached hydrogen (secondary N) is 1. The van der Waals surface area contributed by atoms with Crippen molar-refractivity contribution in [1.29, 1.82) is 0 Å².